The van der Waals surface area contributed by atoms with E-state index in [1.54, 1.807) is 12.1 Å². The zero-order valence-corrected chi connectivity index (χ0v) is 15.4. The van der Waals surface area contributed by atoms with Crippen molar-refractivity contribution in [2.45, 2.75) is 11.3 Å². The highest BCUT2D eigenvalue weighted by Gasteiger charge is 2.17. The third-order valence-electron chi connectivity index (χ3n) is 3.18. The van der Waals surface area contributed by atoms with Gasteiger partial charge in [0.1, 0.15) is 11.5 Å². The Labute approximate surface area is 163 Å². The second-order valence-corrected chi connectivity index (χ2v) is 6.78. The van der Waals surface area contributed by atoms with Gasteiger partial charge >= 0.3 is 5.97 Å². The molecule has 0 radical (unpaired) electrons. The van der Waals surface area contributed by atoms with Gasteiger partial charge in [0, 0.05) is 21.7 Å². The molecule has 10 heteroatoms. The molecule has 7 nitrogen and oxygen atoms in total. The fraction of sp³-hybridized carbons (Fsp3) is 0.176. The first-order valence-electron chi connectivity index (χ1n) is 7.63. The SMILES string of the molecule is O=C(COC(=O)CCSc1ccc(F)cc1)Nc1ccc(Cl)cc1[N+](=O)[O-]. The molecule has 0 saturated carbocycles. The summed E-state index contributed by atoms with van der Waals surface area (Å²) in [6.07, 6.45) is 0.0520. The van der Waals surface area contributed by atoms with E-state index in [0.29, 0.717) is 5.75 Å². The summed E-state index contributed by atoms with van der Waals surface area (Å²) in [5.41, 5.74) is -0.407. The third kappa shape index (κ3) is 6.87. The Morgan fingerprint density at radius 1 is 1.22 bits per heavy atom. The van der Waals surface area contributed by atoms with Crippen LogP contribution in [0.15, 0.2) is 47.4 Å². The molecule has 142 valence electrons. The molecule has 0 bridgehead atoms. The molecule has 1 N–H and O–H groups in total. The molecule has 2 aromatic rings. The lowest BCUT2D eigenvalue weighted by Gasteiger charge is -2.07. The molecule has 0 unspecified atom stereocenters. The first-order valence-corrected chi connectivity index (χ1v) is 8.99. The van der Waals surface area contributed by atoms with Crippen molar-refractivity contribution in [2.24, 2.45) is 0 Å². The van der Waals surface area contributed by atoms with Crippen LogP contribution >= 0.6 is 23.4 Å². The second kappa shape index (κ2) is 9.89. The number of hydrogen-bond donors (Lipinski definition) is 1. The maximum Gasteiger partial charge on any atom is 0.307 e. The van der Waals surface area contributed by atoms with Crippen molar-refractivity contribution in [1.82, 2.24) is 0 Å². The number of hydrogen-bond acceptors (Lipinski definition) is 6. The average Bonchev–Trinajstić information content (AvgIpc) is 2.63. The Bertz CT molecular complexity index is 848. The summed E-state index contributed by atoms with van der Waals surface area (Å²) in [5, 5.41) is 13.4. The minimum atomic E-state index is -0.708. The lowest BCUT2D eigenvalue weighted by molar-refractivity contribution is -0.383. The topological polar surface area (TPSA) is 98.5 Å². The zero-order valence-electron chi connectivity index (χ0n) is 13.8. The minimum Gasteiger partial charge on any atom is -0.456 e. The van der Waals surface area contributed by atoms with Crippen LogP contribution < -0.4 is 5.32 Å². The van der Waals surface area contributed by atoms with Crippen molar-refractivity contribution >= 4 is 46.6 Å². The van der Waals surface area contributed by atoms with Gasteiger partial charge in [0.25, 0.3) is 11.6 Å². The van der Waals surface area contributed by atoms with Gasteiger partial charge in [-0.05, 0) is 36.4 Å². The lowest BCUT2D eigenvalue weighted by atomic mass is 10.2. The molecule has 2 rings (SSSR count). The lowest BCUT2D eigenvalue weighted by Crippen LogP contribution is -2.21. The summed E-state index contributed by atoms with van der Waals surface area (Å²) in [7, 11) is 0. The summed E-state index contributed by atoms with van der Waals surface area (Å²) >= 11 is 7.04. The van der Waals surface area contributed by atoms with Gasteiger partial charge < -0.3 is 10.1 Å². The summed E-state index contributed by atoms with van der Waals surface area (Å²) in [6.45, 7) is -0.570. The molecule has 0 atom stereocenters. The van der Waals surface area contributed by atoms with E-state index in [2.05, 4.69) is 5.32 Å². The molecule has 0 spiro atoms. The Morgan fingerprint density at radius 2 is 1.93 bits per heavy atom. The van der Waals surface area contributed by atoms with E-state index in [1.807, 2.05) is 0 Å². The fourth-order valence-electron chi connectivity index (χ4n) is 1.95. The maximum absolute atomic E-state index is 12.8. The van der Waals surface area contributed by atoms with Gasteiger partial charge in [0.2, 0.25) is 0 Å². The Morgan fingerprint density at radius 3 is 2.59 bits per heavy atom. The van der Waals surface area contributed by atoms with E-state index in [4.69, 9.17) is 16.3 Å². The molecule has 0 heterocycles. The van der Waals surface area contributed by atoms with Gasteiger partial charge in [0.15, 0.2) is 6.61 Å². The van der Waals surface area contributed by atoms with Crippen molar-refractivity contribution in [2.75, 3.05) is 17.7 Å². The highest BCUT2D eigenvalue weighted by Crippen LogP contribution is 2.27. The van der Waals surface area contributed by atoms with Crippen molar-refractivity contribution < 1.29 is 23.6 Å². The smallest absolute Gasteiger partial charge is 0.307 e. The van der Waals surface area contributed by atoms with E-state index in [-0.39, 0.29) is 28.6 Å². The first-order chi connectivity index (χ1) is 12.8. The van der Waals surface area contributed by atoms with Crippen molar-refractivity contribution in [1.29, 1.82) is 0 Å². The van der Waals surface area contributed by atoms with Gasteiger partial charge in [-0.25, -0.2) is 4.39 Å². The van der Waals surface area contributed by atoms with E-state index >= 15 is 0 Å². The number of benzene rings is 2. The van der Waals surface area contributed by atoms with Gasteiger partial charge in [-0.1, -0.05) is 11.6 Å². The van der Waals surface area contributed by atoms with Crippen LogP contribution in [0.25, 0.3) is 0 Å². The third-order valence-corrected chi connectivity index (χ3v) is 4.43. The molecule has 0 aliphatic heterocycles. The number of halogens is 2. The first kappa shape index (κ1) is 20.7. The molecule has 2 aromatic carbocycles. The molecule has 27 heavy (non-hydrogen) atoms. The van der Waals surface area contributed by atoms with Crippen LogP contribution in [0.3, 0.4) is 0 Å². The van der Waals surface area contributed by atoms with Crippen LogP contribution in [0.1, 0.15) is 6.42 Å². The van der Waals surface area contributed by atoms with E-state index < -0.39 is 23.4 Å². The number of rotatable bonds is 8. The number of amides is 1. The number of esters is 1. The highest BCUT2D eigenvalue weighted by molar-refractivity contribution is 7.99. The van der Waals surface area contributed by atoms with Gasteiger partial charge in [-0.3, -0.25) is 19.7 Å². The van der Waals surface area contributed by atoms with Crippen LogP contribution in [-0.4, -0.2) is 29.2 Å². The van der Waals surface area contributed by atoms with Crippen LogP contribution in [0.5, 0.6) is 0 Å². The molecule has 0 fully saturated rings. The molecule has 0 saturated heterocycles. The average molecular weight is 413 g/mol. The Balaban J connectivity index is 1.76. The molecule has 0 aromatic heterocycles. The fourth-order valence-corrected chi connectivity index (χ4v) is 2.95. The zero-order chi connectivity index (χ0) is 19.8. The summed E-state index contributed by atoms with van der Waals surface area (Å²) < 4.78 is 17.6. The highest BCUT2D eigenvalue weighted by atomic mass is 35.5. The number of ether oxygens (including phenoxy) is 1. The largest absolute Gasteiger partial charge is 0.456 e. The summed E-state index contributed by atoms with van der Waals surface area (Å²) in [5.74, 6) is -1.25. The van der Waals surface area contributed by atoms with Crippen LogP contribution in [0.4, 0.5) is 15.8 Å². The monoisotopic (exact) mass is 412 g/mol. The number of nitro groups is 1. The van der Waals surface area contributed by atoms with Gasteiger partial charge in [-0.2, -0.15) is 0 Å². The number of nitro benzene ring substituents is 1. The standard InChI is InChI=1S/C17H14ClFN2O5S/c18-11-1-6-14(15(9-11)21(24)25)20-16(22)10-26-17(23)7-8-27-13-4-2-12(19)3-5-13/h1-6,9H,7-8,10H2,(H,20,22). The second-order valence-electron chi connectivity index (χ2n) is 5.18. The molecular formula is C17H14ClFN2O5S. The van der Waals surface area contributed by atoms with Gasteiger partial charge in [0.05, 0.1) is 11.3 Å². The predicted molar refractivity (Wildman–Crippen MR) is 99.4 cm³/mol. The molecule has 0 aliphatic rings. The Hall–Kier alpha value is -2.65. The number of thioether (sulfide) groups is 1. The van der Waals surface area contributed by atoms with Crippen LogP contribution in [0, 0.1) is 15.9 Å². The number of anilines is 1. The van der Waals surface area contributed by atoms with Crippen molar-refractivity contribution in [3.05, 3.63) is 63.4 Å². The normalized spacial score (nSPS) is 10.3. The van der Waals surface area contributed by atoms with Crippen molar-refractivity contribution in [3.63, 3.8) is 0 Å². The number of nitrogens with one attached hydrogen (secondary N) is 1. The van der Waals surface area contributed by atoms with Crippen LogP contribution in [0.2, 0.25) is 5.02 Å². The predicted octanol–water partition coefficient (Wildman–Crippen LogP) is 4.05. The van der Waals surface area contributed by atoms with E-state index in [0.717, 1.165) is 11.0 Å². The van der Waals surface area contributed by atoms with Gasteiger partial charge in [-0.15, -0.1) is 11.8 Å². The minimum absolute atomic E-state index is 0.0442. The number of carbonyl (C=O) groups excluding carboxylic acids is 2. The summed E-state index contributed by atoms with van der Waals surface area (Å²) in [4.78, 5) is 34.6. The quantitative estimate of drug-likeness (QED) is 0.304. The Kier molecular flexibility index (Phi) is 7.56. The van der Waals surface area contributed by atoms with Crippen molar-refractivity contribution in [3.8, 4) is 0 Å². The number of nitrogens with zero attached hydrogens (tertiary/aromatic N) is 1. The van der Waals surface area contributed by atoms with E-state index in [1.165, 1.54) is 36.0 Å². The van der Waals surface area contributed by atoms with Crippen LogP contribution in [-0.2, 0) is 14.3 Å². The number of carbonyl (C=O) groups is 2. The van der Waals surface area contributed by atoms with E-state index in [9.17, 15) is 24.1 Å². The molecule has 1 amide bonds. The summed E-state index contributed by atoms with van der Waals surface area (Å²) in [6, 6.07) is 9.62. The maximum atomic E-state index is 12.8. The molecular weight excluding hydrogens is 399 g/mol. The molecule has 0 aliphatic carbocycles.